The Morgan fingerprint density at radius 2 is 1.95 bits per heavy atom. The lowest BCUT2D eigenvalue weighted by atomic mass is 10.1. The minimum Gasteiger partial charge on any atom is -0.478 e. The van der Waals surface area contributed by atoms with E-state index < -0.39 is 17.9 Å². The van der Waals surface area contributed by atoms with E-state index in [1.165, 1.54) is 30.1 Å². The molecule has 0 aromatic carbocycles. The number of carboxylic acids is 1. The maximum atomic E-state index is 11.8. The summed E-state index contributed by atoms with van der Waals surface area (Å²) in [5.74, 6) is -1.89. The Morgan fingerprint density at radius 1 is 1.30 bits per heavy atom. The molecule has 3 amide bonds. The van der Waals surface area contributed by atoms with Crippen LogP contribution >= 0.6 is 11.3 Å². The summed E-state index contributed by atoms with van der Waals surface area (Å²) in [5.41, 5.74) is 0.889. The molecule has 0 unspecified atom stereocenters. The highest BCUT2D eigenvalue weighted by atomic mass is 32.1. The number of nitrogens with zero attached hydrogens (tertiary/aromatic N) is 1. The molecule has 1 rings (SSSR count). The fourth-order valence-electron chi connectivity index (χ4n) is 1.35. The standard InChI is InChI=1S/C13H16N2O4S/c1-8(9(2)12(17)18)11(16)14-13(19)15(3)6-10-4-5-20-7-10/h4-5,7H,6H2,1-3H3,(H,17,18)(H,14,16,19). The third-order valence-electron chi connectivity index (χ3n) is 2.79. The highest BCUT2D eigenvalue weighted by Crippen LogP contribution is 2.09. The topological polar surface area (TPSA) is 86.7 Å². The van der Waals surface area contributed by atoms with Gasteiger partial charge in [-0.15, -0.1) is 0 Å². The zero-order chi connectivity index (χ0) is 15.3. The molecule has 1 heterocycles. The minimum atomic E-state index is -1.18. The number of carbonyl (C=O) groups excluding carboxylic acids is 2. The number of hydrogen-bond donors (Lipinski definition) is 2. The predicted octanol–water partition coefficient (Wildman–Crippen LogP) is 1.84. The van der Waals surface area contributed by atoms with Gasteiger partial charge in [0.1, 0.15) is 0 Å². The van der Waals surface area contributed by atoms with Gasteiger partial charge in [0.25, 0.3) is 5.91 Å². The number of carboxylic acid groups (broad SMARTS) is 1. The van der Waals surface area contributed by atoms with Crippen molar-refractivity contribution in [3.05, 3.63) is 33.5 Å². The lowest BCUT2D eigenvalue weighted by molar-refractivity contribution is -0.133. The number of amides is 3. The van der Waals surface area contributed by atoms with Gasteiger partial charge in [0, 0.05) is 24.7 Å². The van der Waals surface area contributed by atoms with Crippen molar-refractivity contribution >= 4 is 29.2 Å². The number of rotatable bonds is 4. The summed E-state index contributed by atoms with van der Waals surface area (Å²) >= 11 is 1.52. The van der Waals surface area contributed by atoms with Crippen LogP contribution in [0.4, 0.5) is 4.79 Å². The van der Waals surface area contributed by atoms with Gasteiger partial charge in [-0.05, 0) is 36.2 Å². The Labute approximate surface area is 120 Å². The number of urea groups is 1. The van der Waals surface area contributed by atoms with Crippen molar-refractivity contribution in [2.45, 2.75) is 20.4 Å². The molecule has 0 saturated carbocycles. The van der Waals surface area contributed by atoms with Crippen LogP contribution in [0.25, 0.3) is 0 Å². The summed E-state index contributed by atoms with van der Waals surface area (Å²) < 4.78 is 0. The first-order valence-corrected chi connectivity index (χ1v) is 6.75. The molecule has 20 heavy (non-hydrogen) atoms. The van der Waals surface area contributed by atoms with Crippen molar-refractivity contribution in [1.82, 2.24) is 10.2 Å². The first-order chi connectivity index (χ1) is 9.32. The van der Waals surface area contributed by atoms with Crippen molar-refractivity contribution in [1.29, 1.82) is 0 Å². The van der Waals surface area contributed by atoms with Crippen molar-refractivity contribution in [2.24, 2.45) is 0 Å². The molecule has 0 bridgehead atoms. The molecular formula is C13H16N2O4S. The average Bonchev–Trinajstić information content (AvgIpc) is 2.89. The third kappa shape index (κ3) is 4.20. The van der Waals surface area contributed by atoms with Crippen LogP contribution in [0.15, 0.2) is 28.0 Å². The number of thiophene rings is 1. The number of imide groups is 1. The fraction of sp³-hybridized carbons (Fsp3) is 0.308. The molecule has 0 atom stereocenters. The van der Waals surface area contributed by atoms with Crippen LogP contribution in [-0.2, 0) is 16.1 Å². The fourth-order valence-corrected chi connectivity index (χ4v) is 2.01. The van der Waals surface area contributed by atoms with Gasteiger partial charge >= 0.3 is 12.0 Å². The first kappa shape index (κ1) is 15.9. The molecule has 108 valence electrons. The quantitative estimate of drug-likeness (QED) is 0.830. The number of nitrogens with one attached hydrogen (secondary N) is 1. The second-order valence-corrected chi connectivity index (χ2v) is 5.08. The third-order valence-corrected chi connectivity index (χ3v) is 3.52. The monoisotopic (exact) mass is 296 g/mol. The van der Waals surface area contributed by atoms with Crippen LogP contribution in [0.3, 0.4) is 0 Å². The zero-order valence-electron chi connectivity index (χ0n) is 11.5. The Balaban J connectivity index is 2.64. The van der Waals surface area contributed by atoms with Gasteiger partial charge in [-0.25, -0.2) is 9.59 Å². The van der Waals surface area contributed by atoms with Gasteiger partial charge in [0.2, 0.25) is 0 Å². The van der Waals surface area contributed by atoms with Gasteiger partial charge in [0.15, 0.2) is 0 Å². The summed E-state index contributed by atoms with van der Waals surface area (Å²) in [4.78, 5) is 35.6. The van der Waals surface area contributed by atoms with E-state index in [9.17, 15) is 14.4 Å². The Bertz CT molecular complexity index is 549. The van der Waals surface area contributed by atoms with E-state index in [4.69, 9.17) is 5.11 Å². The molecule has 1 aromatic heterocycles. The maximum Gasteiger partial charge on any atom is 0.331 e. The van der Waals surface area contributed by atoms with E-state index in [1.54, 1.807) is 7.05 Å². The van der Waals surface area contributed by atoms with Gasteiger partial charge in [-0.3, -0.25) is 10.1 Å². The van der Waals surface area contributed by atoms with E-state index in [0.29, 0.717) is 6.54 Å². The Kier molecular flexibility index (Phi) is 5.45. The molecule has 0 aliphatic rings. The van der Waals surface area contributed by atoms with Crippen molar-refractivity contribution in [3.63, 3.8) is 0 Å². The smallest absolute Gasteiger partial charge is 0.331 e. The average molecular weight is 296 g/mol. The number of hydrogen-bond acceptors (Lipinski definition) is 4. The molecular weight excluding hydrogens is 280 g/mol. The second kappa shape index (κ2) is 6.85. The lowest BCUT2D eigenvalue weighted by Gasteiger charge is -2.17. The van der Waals surface area contributed by atoms with E-state index >= 15 is 0 Å². The Hall–Kier alpha value is -2.15. The van der Waals surface area contributed by atoms with Gasteiger partial charge < -0.3 is 10.0 Å². The number of aliphatic carboxylic acids is 1. The number of carbonyl (C=O) groups is 3. The molecule has 0 spiro atoms. The molecule has 0 aliphatic heterocycles. The van der Waals surface area contributed by atoms with Crippen LogP contribution in [0.5, 0.6) is 0 Å². The summed E-state index contributed by atoms with van der Waals surface area (Å²) in [5, 5.41) is 14.7. The van der Waals surface area contributed by atoms with Crippen LogP contribution < -0.4 is 5.32 Å². The molecule has 1 aromatic rings. The van der Waals surface area contributed by atoms with Crippen LogP contribution in [0.2, 0.25) is 0 Å². The highest BCUT2D eigenvalue weighted by molar-refractivity contribution is 7.07. The van der Waals surface area contributed by atoms with Crippen molar-refractivity contribution < 1.29 is 19.5 Å². The molecule has 0 saturated heterocycles. The summed E-state index contributed by atoms with van der Waals surface area (Å²) in [7, 11) is 1.56. The largest absolute Gasteiger partial charge is 0.478 e. The SMILES string of the molecule is CC(C(=O)O)=C(C)C(=O)NC(=O)N(C)Cc1ccsc1. The van der Waals surface area contributed by atoms with E-state index in [1.807, 2.05) is 16.8 Å². The molecule has 0 radical (unpaired) electrons. The molecule has 7 heteroatoms. The second-order valence-electron chi connectivity index (χ2n) is 4.30. The van der Waals surface area contributed by atoms with Gasteiger partial charge in [-0.2, -0.15) is 11.3 Å². The lowest BCUT2D eigenvalue weighted by Crippen LogP contribution is -2.41. The van der Waals surface area contributed by atoms with Crippen LogP contribution in [0, 0.1) is 0 Å². The minimum absolute atomic E-state index is 0.00906. The molecule has 0 aliphatic carbocycles. The van der Waals surface area contributed by atoms with E-state index in [-0.39, 0.29) is 11.1 Å². The van der Waals surface area contributed by atoms with E-state index in [2.05, 4.69) is 5.32 Å². The zero-order valence-corrected chi connectivity index (χ0v) is 12.3. The predicted molar refractivity (Wildman–Crippen MR) is 75.3 cm³/mol. The Morgan fingerprint density at radius 3 is 2.45 bits per heavy atom. The maximum absolute atomic E-state index is 11.8. The van der Waals surface area contributed by atoms with Crippen LogP contribution in [0.1, 0.15) is 19.4 Å². The molecule has 0 fully saturated rings. The summed E-state index contributed by atoms with van der Waals surface area (Å²) in [6.45, 7) is 3.06. The van der Waals surface area contributed by atoms with Gasteiger partial charge in [0.05, 0.1) is 0 Å². The van der Waals surface area contributed by atoms with Crippen LogP contribution in [-0.4, -0.2) is 35.0 Å². The summed E-state index contributed by atoms with van der Waals surface area (Å²) in [6.07, 6.45) is 0. The normalized spacial score (nSPS) is 11.6. The van der Waals surface area contributed by atoms with Crippen molar-refractivity contribution in [3.8, 4) is 0 Å². The molecule has 6 nitrogen and oxygen atoms in total. The van der Waals surface area contributed by atoms with Crippen molar-refractivity contribution in [2.75, 3.05) is 7.05 Å². The summed E-state index contributed by atoms with van der Waals surface area (Å²) in [6, 6.07) is 1.31. The van der Waals surface area contributed by atoms with Gasteiger partial charge in [-0.1, -0.05) is 0 Å². The van der Waals surface area contributed by atoms with E-state index in [0.717, 1.165) is 5.56 Å². The highest BCUT2D eigenvalue weighted by Gasteiger charge is 2.17. The molecule has 2 N–H and O–H groups in total. The first-order valence-electron chi connectivity index (χ1n) is 5.81.